The second-order valence-electron chi connectivity index (χ2n) is 6.04. The van der Waals surface area contributed by atoms with E-state index in [1.54, 1.807) is 28.8 Å². The molecular formula is C21H16ClN3OS. The summed E-state index contributed by atoms with van der Waals surface area (Å²) in [5.74, 6) is 0.619. The highest BCUT2D eigenvalue weighted by molar-refractivity contribution is 7.98. The summed E-state index contributed by atoms with van der Waals surface area (Å²) >= 11 is 7.53. The fourth-order valence-electron chi connectivity index (χ4n) is 2.90. The maximum absolute atomic E-state index is 12.9. The van der Waals surface area contributed by atoms with Crippen molar-refractivity contribution in [2.24, 2.45) is 0 Å². The van der Waals surface area contributed by atoms with Gasteiger partial charge in [0.2, 0.25) is 0 Å². The molecular weight excluding hydrogens is 378 g/mol. The van der Waals surface area contributed by atoms with Gasteiger partial charge in [0.15, 0.2) is 5.16 Å². The van der Waals surface area contributed by atoms with Crippen molar-refractivity contribution in [2.75, 3.05) is 0 Å². The van der Waals surface area contributed by atoms with Crippen LogP contribution in [0.3, 0.4) is 0 Å². The molecule has 4 nitrogen and oxygen atoms in total. The highest BCUT2D eigenvalue weighted by atomic mass is 35.5. The van der Waals surface area contributed by atoms with Crippen LogP contribution in [-0.2, 0) is 12.3 Å². The van der Waals surface area contributed by atoms with E-state index in [1.165, 1.54) is 11.8 Å². The number of fused-ring (bicyclic) bond motifs is 2. The van der Waals surface area contributed by atoms with Crippen LogP contribution in [0.2, 0.25) is 5.02 Å². The van der Waals surface area contributed by atoms with E-state index in [4.69, 9.17) is 11.6 Å². The van der Waals surface area contributed by atoms with Gasteiger partial charge in [0.25, 0.3) is 5.56 Å². The highest BCUT2D eigenvalue weighted by Gasteiger charge is 2.12. The van der Waals surface area contributed by atoms with Gasteiger partial charge >= 0.3 is 0 Å². The van der Waals surface area contributed by atoms with Gasteiger partial charge in [-0.1, -0.05) is 53.7 Å². The zero-order valence-corrected chi connectivity index (χ0v) is 16.0. The summed E-state index contributed by atoms with van der Waals surface area (Å²) in [6.07, 6.45) is 1.69. The lowest BCUT2D eigenvalue weighted by Crippen LogP contribution is -2.22. The Labute approximate surface area is 165 Å². The number of thioether (sulfide) groups is 1. The van der Waals surface area contributed by atoms with Crippen LogP contribution in [0.1, 0.15) is 5.69 Å². The van der Waals surface area contributed by atoms with E-state index in [0.717, 1.165) is 16.6 Å². The van der Waals surface area contributed by atoms with Crippen molar-refractivity contribution in [3.8, 4) is 0 Å². The van der Waals surface area contributed by atoms with Crippen LogP contribution < -0.4 is 5.56 Å². The molecule has 0 radical (unpaired) electrons. The van der Waals surface area contributed by atoms with Gasteiger partial charge in [-0.15, -0.1) is 6.58 Å². The van der Waals surface area contributed by atoms with Crippen molar-refractivity contribution in [3.63, 3.8) is 0 Å². The van der Waals surface area contributed by atoms with Crippen LogP contribution >= 0.6 is 23.4 Å². The molecule has 0 saturated heterocycles. The molecule has 0 unspecified atom stereocenters. The summed E-state index contributed by atoms with van der Waals surface area (Å²) in [5, 5.41) is 2.78. The molecule has 0 N–H and O–H groups in total. The molecule has 0 aliphatic carbocycles. The minimum Gasteiger partial charge on any atom is -0.283 e. The lowest BCUT2D eigenvalue weighted by Gasteiger charge is -2.11. The van der Waals surface area contributed by atoms with E-state index in [0.29, 0.717) is 33.4 Å². The summed E-state index contributed by atoms with van der Waals surface area (Å²) in [6, 6.07) is 17.2. The predicted molar refractivity (Wildman–Crippen MR) is 113 cm³/mol. The van der Waals surface area contributed by atoms with Gasteiger partial charge in [-0.2, -0.15) is 0 Å². The number of halogens is 1. The number of benzene rings is 2. The van der Waals surface area contributed by atoms with Crippen LogP contribution in [-0.4, -0.2) is 14.5 Å². The maximum Gasteiger partial charge on any atom is 0.262 e. The molecule has 2 aromatic carbocycles. The molecule has 0 spiro atoms. The van der Waals surface area contributed by atoms with E-state index in [9.17, 15) is 4.79 Å². The average Bonchev–Trinajstić information content (AvgIpc) is 2.69. The Morgan fingerprint density at radius 1 is 1.07 bits per heavy atom. The van der Waals surface area contributed by atoms with E-state index in [-0.39, 0.29) is 5.56 Å². The van der Waals surface area contributed by atoms with Gasteiger partial charge in [0, 0.05) is 22.7 Å². The Balaban J connectivity index is 1.71. The molecule has 0 amide bonds. The minimum atomic E-state index is -0.114. The van der Waals surface area contributed by atoms with E-state index >= 15 is 0 Å². The maximum atomic E-state index is 12.9. The van der Waals surface area contributed by atoms with Gasteiger partial charge < -0.3 is 0 Å². The molecule has 0 aliphatic rings. The second kappa shape index (κ2) is 7.55. The van der Waals surface area contributed by atoms with Gasteiger partial charge in [-0.25, -0.2) is 4.98 Å². The van der Waals surface area contributed by atoms with Crippen molar-refractivity contribution >= 4 is 45.2 Å². The number of hydrogen-bond acceptors (Lipinski definition) is 4. The molecule has 134 valence electrons. The minimum absolute atomic E-state index is 0.114. The number of pyridine rings is 1. The van der Waals surface area contributed by atoms with Crippen LogP contribution in [0.15, 0.2) is 77.2 Å². The Hall–Kier alpha value is -2.63. The molecule has 6 heteroatoms. The fourth-order valence-corrected chi connectivity index (χ4v) is 3.99. The Kier molecular flexibility index (Phi) is 4.97. The topological polar surface area (TPSA) is 47.8 Å². The summed E-state index contributed by atoms with van der Waals surface area (Å²) in [5.41, 5.74) is 2.42. The Morgan fingerprint density at radius 3 is 2.78 bits per heavy atom. The zero-order valence-electron chi connectivity index (χ0n) is 14.4. The number of para-hydroxylation sites is 1. The van der Waals surface area contributed by atoms with E-state index < -0.39 is 0 Å². The van der Waals surface area contributed by atoms with Crippen molar-refractivity contribution < 1.29 is 0 Å². The molecule has 2 aromatic heterocycles. The number of allylic oxidation sites excluding steroid dienone is 1. The quantitative estimate of drug-likeness (QED) is 0.269. The molecule has 4 aromatic rings. The van der Waals surface area contributed by atoms with Gasteiger partial charge in [-0.05, 0) is 30.3 Å². The average molecular weight is 394 g/mol. The molecule has 27 heavy (non-hydrogen) atoms. The number of nitrogens with zero attached hydrogens (tertiary/aromatic N) is 3. The fraction of sp³-hybridized carbons (Fsp3) is 0.0952. The number of hydrogen-bond donors (Lipinski definition) is 0. The van der Waals surface area contributed by atoms with Crippen molar-refractivity contribution in [1.29, 1.82) is 0 Å². The molecule has 0 saturated carbocycles. The SMILES string of the molecule is C=CCn1c(SCc2ccc3ccccc3n2)nc2ccc(Cl)cc2c1=O. The van der Waals surface area contributed by atoms with E-state index in [1.807, 2.05) is 30.3 Å². The smallest absolute Gasteiger partial charge is 0.262 e. The van der Waals surface area contributed by atoms with Crippen molar-refractivity contribution in [2.45, 2.75) is 17.5 Å². The molecule has 0 fully saturated rings. The molecule has 0 bridgehead atoms. The monoisotopic (exact) mass is 393 g/mol. The third-order valence-corrected chi connectivity index (χ3v) is 5.44. The summed E-state index contributed by atoms with van der Waals surface area (Å²) in [7, 11) is 0. The molecule has 0 aliphatic heterocycles. The summed E-state index contributed by atoms with van der Waals surface area (Å²) < 4.78 is 1.62. The first kappa shape index (κ1) is 17.8. The second-order valence-corrected chi connectivity index (χ2v) is 7.42. The van der Waals surface area contributed by atoms with Gasteiger partial charge in [0.05, 0.1) is 22.1 Å². The van der Waals surface area contributed by atoms with Crippen molar-refractivity contribution in [1.82, 2.24) is 14.5 Å². The van der Waals surface area contributed by atoms with Gasteiger partial charge in [-0.3, -0.25) is 14.3 Å². The van der Waals surface area contributed by atoms with Crippen LogP contribution in [0.4, 0.5) is 0 Å². The van der Waals surface area contributed by atoms with E-state index in [2.05, 4.69) is 22.6 Å². The largest absolute Gasteiger partial charge is 0.283 e. The summed E-state index contributed by atoms with van der Waals surface area (Å²) in [6.45, 7) is 4.14. The number of rotatable bonds is 5. The lowest BCUT2D eigenvalue weighted by atomic mass is 10.2. The van der Waals surface area contributed by atoms with Crippen molar-refractivity contribution in [3.05, 3.63) is 88.3 Å². The van der Waals surface area contributed by atoms with Crippen LogP contribution in [0.25, 0.3) is 21.8 Å². The molecule has 0 atom stereocenters. The third-order valence-electron chi connectivity index (χ3n) is 4.20. The molecule has 4 rings (SSSR count). The standard InChI is InChI=1S/C21H16ClN3OS/c1-2-11-25-20(26)17-12-15(22)8-10-19(17)24-21(25)27-13-16-9-7-14-5-3-4-6-18(14)23-16/h2-10,12H,1,11,13H2. The Bertz CT molecular complexity index is 1220. The first-order valence-corrected chi connectivity index (χ1v) is 9.80. The normalized spacial score (nSPS) is 11.1. The lowest BCUT2D eigenvalue weighted by molar-refractivity contribution is 0.671. The first-order chi connectivity index (χ1) is 13.2. The molecule has 2 heterocycles. The third kappa shape index (κ3) is 3.61. The van der Waals surface area contributed by atoms with Crippen LogP contribution in [0.5, 0.6) is 0 Å². The highest BCUT2D eigenvalue weighted by Crippen LogP contribution is 2.24. The Morgan fingerprint density at radius 2 is 1.93 bits per heavy atom. The zero-order chi connectivity index (χ0) is 18.8. The summed E-state index contributed by atoms with van der Waals surface area (Å²) in [4.78, 5) is 22.2. The van der Waals surface area contributed by atoms with Crippen LogP contribution in [0, 0.1) is 0 Å². The predicted octanol–water partition coefficient (Wildman–Crippen LogP) is 5.08. The first-order valence-electron chi connectivity index (χ1n) is 8.44. The number of aromatic nitrogens is 3. The van der Waals surface area contributed by atoms with Gasteiger partial charge in [0.1, 0.15) is 0 Å².